The second kappa shape index (κ2) is 7.21. The topological polar surface area (TPSA) is 35.5 Å². The van der Waals surface area contributed by atoms with E-state index in [0.717, 1.165) is 13.0 Å². The number of carbonyl (C=O) groups excluding carboxylic acids is 1. The van der Waals surface area contributed by atoms with Crippen LogP contribution < -0.4 is 0 Å². The van der Waals surface area contributed by atoms with Crippen LogP contribution >= 0.6 is 10.0 Å². The third kappa shape index (κ3) is 11.8. The summed E-state index contributed by atoms with van der Waals surface area (Å²) in [6.07, 6.45) is 7.98. The Hall–Kier alpha value is -0.220. The van der Waals surface area contributed by atoms with E-state index in [4.69, 9.17) is 4.74 Å². The third-order valence-corrected chi connectivity index (χ3v) is 2.97. The van der Waals surface area contributed by atoms with Gasteiger partial charge in [0.2, 0.25) is 0 Å². The van der Waals surface area contributed by atoms with E-state index < -0.39 is 0 Å². The van der Waals surface area contributed by atoms with Crippen molar-refractivity contribution >= 4 is 16.5 Å². The molecule has 80 valence electrons. The normalized spacial score (nSPS) is 12.5. The molecule has 0 saturated carbocycles. The number of ether oxygens (including phenoxy) is 2. The van der Waals surface area contributed by atoms with Gasteiger partial charge in [0, 0.05) is 6.61 Å². The van der Waals surface area contributed by atoms with Crippen molar-refractivity contribution in [3.05, 3.63) is 0 Å². The standard InChI is InChI=1S/C9H20O3S/c1-13(2,3)8-4-5-11-6-7-12-9-10/h9H,4-8H2,1-3H3. The van der Waals surface area contributed by atoms with E-state index >= 15 is 0 Å². The molecule has 13 heavy (non-hydrogen) atoms. The van der Waals surface area contributed by atoms with Gasteiger partial charge in [-0.3, -0.25) is 4.79 Å². The van der Waals surface area contributed by atoms with Crippen molar-refractivity contribution in [2.75, 3.05) is 44.3 Å². The van der Waals surface area contributed by atoms with Gasteiger partial charge in [-0.15, -0.1) is 0 Å². The molecule has 0 unspecified atom stereocenters. The van der Waals surface area contributed by atoms with Crippen molar-refractivity contribution in [1.29, 1.82) is 0 Å². The summed E-state index contributed by atoms with van der Waals surface area (Å²) in [5.41, 5.74) is 0. The Kier molecular flexibility index (Phi) is 7.09. The molecule has 0 amide bonds. The van der Waals surface area contributed by atoms with Crippen molar-refractivity contribution in [1.82, 2.24) is 0 Å². The summed E-state index contributed by atoms with van der Waals surface area (Å²) in [6.45, 7) is 2.10. The molecule has 0 aromatic rings. The molecule has 3 nitrogen and oxygen atoms in total. The minimum absolute atomic E-state index is 0.367. The number of hydrogen-bond donors (Lipinski definition) is 0. The van der Waals surface area contributed by atoms with E-state index in [1.54, 1.807) is 0 Å². The predicted molar refractivity (Wildman–Crippen MR) is 57.7 cm³/mol. The van der Waals surface area contributed by atoms with Crippen LogP contribution in [-0.2, 0) is 14.3 Å². The maximum atomic E-state index is 9.75. The first-order valence-corrected chi connectivity index (χ1v) is 7.38. The fourth-order valence-corrected chi connectivity index (χ4v) is 1.84. The van der Waals surface area contributed by atoms with Crippen LogP contribution in [0.25, 0.3) is 0 Å². The first kappa shape index (κ1) is 12.8. The average molecular weight is 208 g/mol. The van der Waals surface area contributed by atoms with Gasteiger partial charge >= 0.3 is 0 Å². The number of hydrogen-bond acceptors (Lipinski definition) is 3. The lowest BCUT2D eigenvalue weighted by molar-refractivity contribution is -0.130. The molecule has 0 radical (unpaired) electrons. The molecule has 4 heteroatoms. The van der Waals surface area contributed by atoms with Gasteiger partial charge in [0.1, 0.15) is 6.61 Å². The first-order valence-electron chi connectivity index (χ1n) is 4.35. The molecule has 0 fully saturated rings. The molecule has 0 spiro atoms. The van der Waals surface area contributed by atoms with Gasteiger partial charge in [0.15, 0.2) is 0 Å². The summed E-state index contributed by atoms with van der Waals surface area (Å²) in [5.74, 6) is 1.24. The zero-order valence-corrected chi connectivity index (χ0v) is 9.56. The van der Waals surface area contributed by atoms with Crippen LogP contribution in [0.4, 0.5) is 0 Å². The second-order valence-electron chi connectivity index (χ2n) is 3.73. The number of rotatable bonds is 8. The molecule has 0 heterocycles. The van der Waals surface area contributed by atoms with Gasteiger partial charge in [0.05, 0.1) is 6.61 Å². The summed E-state index contributed by atoms with van der Waals surface area (Å²) in [4.78, 5) is 9.75. The lowest BCUT2D eigenvalue weighted by Gasteiger charge is -2.24. The largest absolute Gasteiger partial charge is 0.465 e. The molecule has 0 aromatic carbocycles. The monoisotopic (exact) mass is 208 g/mol. The SMILES string of the molecule is CS(C)(C)CCCOCCOC=O. The van der Waals surface area contributed by atoms with Crippen molar-refractivity contribution < 1.29 is 14.3 Å². The van der Waals surface area contributed by atoms with Crippen molar-refractivity contribution in [3.63, 3.8) is 0 Å². The van der Waals surface area contributed by atoms with Gasteiger partial charge in [-0.2, -0.15) is 0 Å². The van der Waals surface area contributed by atoms with Crippen LogP contribution in [0, 0.1) is 0 Å². The Balaban J connectivity index is 3.04. The Morgan fingerprint density at radius 3 is 2.38 bits per heavy atom. The van der Waals surface area contributed by atoms with E-state index in [2.05, 4.69) is 23.5 Å². The third-order valence-electron chi connectivity index (χ3n) is 1.46. The lowest BCUT2D eigenvalue weighted by Crippen LogP contribution is -2.07. The van der Waals surface area contributed by atoms with Gasteiger partial charge in [-0.05, 0) is 30.9 Å². The predicted octanol–water partition coefficient (Wildman–Crippen LogP) is 1.26. The van der Waals surface area contributed by atoms with E-state index in [0.29, 0.717) is 19.7 Å². The molecule has 0 aromatic heterocycles. The Labute approximate surface area is 82.1 Å². The van der Waals surface area contributed by atoms with Crippen molar-refractivity contribution in [3.8, 4) is 0 Å². The zero-order chi connectivity index (χ0) is 10.2. The molecule has 0 atom stereocenters. The average Bonchev–Trinajstić information content (AvgIpc) is 2.01. The van der Waals surface area contributed by atoms with Crippen LogP contribution in [0.3, 0.4) is 0 Å². The van der Waals surface area contributed by atoms with E-state index in [1.807, 2.05) is 0 Å². The number of carbonyl (C=O) groups is 1. The maximum absolute atomic E-state index is 9.75. The highest BCUT2D eigenvalue weighted by Gasteiger charge is 2.02. The van der Waals surface area contributed by atoms with E-state index in [-0.39, 0.29) is 10.0 Å². The molecule has 0 bridgehead atoms. The van der Waals surface area contributed by atoms with Gasteiger partial charge in [-0.1, -0.05) is 0 Å². The fraction of sp³-hybridized carbons (Fsp3) is 0.889. The van der Waals surface area contributed by atoms with Crippen LogP contribution in [0.5, 0.6) is 0 Å². The highest BCUT2D eigenvalue weighted by molar-refractivity contribution is 8.32. The molecule has 0 rings (SSSR count). The van der Waals surface area contributed by atoms with Crippen LogP contribution in [0.2, 0.25) is 0 Å². The molecular weight excluding hydrogens is 188 g/mol. The highest BCUT2D eigenvalue weighted by Crippen LogP contribution is 2.34. The van der Waals surface area contributed by atoms with E-state index in [9.17, 15) is 4.79 Å². The minimum Gasteiger partial charge on any atom is -0.465 e. The maximum Gasteiger partial charge on any atom is 0.293 e. The Bertz CT molecular complexity index is 131. The molecular formula is C9H20O3S. The van der Waals surface area contributed by atoms with Crippen LogP contribution in [0.1, 0.15) is 6.42 Å². The molecule has 0 aliphatic carbocycles. The van der Waals surface area contributed by atoms with Crippen molar-refractivity contribution in [2.45, 2.75) is 6.42 Å². The highest BCUT2D eigenvalue weighted by atomic mass is 32.3. The minimum atomic E-state index is -0.389. The zero-order valence-electron chi connectivity index (χ0n) is 8.75. The Morgan fingerprint density at radius 1 is 1.15 bits per heavy atom. The Morgan fingerprint density at radius 2 is 1.85 bits per heavy atom. The van der Waals surface area contributed by atoms with Crippen LogP contribution in [0.15, 0.2) is 0 Å². The smallest absolute Gasteiger partial charge is 0.293 e. The quantitative estimate of drug-likeness (QED) is 0.445. The summed E-state index contributed by atoms with van der Waals surface area (Å²) in [7, 11) is -0.389. The second-order valence-corrected chi connectivity index (χ2v) is 8.32. The molecule has 0 aliphatic heterocycles. The van der Waals surface area contributed by atoms with Crippen molar-refractivity contribution in [2.24, 2.45) is 0 Å². The lowest BCUT2D eigenvalue weighted by atomic mass is 10.5. The summed E-state index contributed by atoms with van der Waals surface area (Å²) in [6, 6.07) is 0. The molecule has 0 aliphatic rings. The molecule has 0 saturated heterocycles. The van der Waals surface area contributed by atoms with E-state index in [1.165, 1.54) is 5.75 Å². The fourth-order valence-electron chi connectivity index (χ4n) is 0.851. The van der Waals surface area contributed by atoms with Gasteiger partial charge in [-0.25, -0.2) is 10.0 Å². The van der Waals surface area contributed by atoms with Gasteiger partial charge in [0.25, 0.3) is 6.47 Å². The summed E-state index contributed by atoms with van der Waals surface area (Å²) in [5, 5.41) is 0. The van der Waals surface area contributed by atoms with Crippen LogP contribution in [-0.4, -0.2) is 50.8 Å². The first-order chi connectivity index (χ1) is 6.06. The molecule has 0 N–H and O–H groups in total. The summed E-state index contributed by atoms with van der Waals surface area (Å²) >= 11 is 0. The van der Waals surface area contributed by atoms with Gasteiger partial charge < -0.3 is 9.47 Å². The summed E-state index contributed by atoms with van der Waals surface area (Å²) < 4.78 is 9.74.